The van der Waals surface area contributed by atoms with Crippen molar-refractivity contribution < 1.29 is 24.1 Å². The summed E-state index contributed by atoms with van der Waals surface area (Å²) in [7, 11) is 0. The summed E-state index contributed by atoms with van der Waals surface area (Å²) in [4.78, 5) is 9.25. The van der Waals surface area contributed by atoms with Crippen LogP contribution in [0, 0.1) is 0 Å². The topological polar surface area (TPSA) is 74.9 Å². The van der Waals surface area contributed by atoms with Gasteiger partial charge in [-0.25, -0.2) is 4.79 Å². The summed E-state index contributed by atoms with van der Waals surface area (Å²) in [6.45, 7) is 2.96. The minimum Gasteiger partial charge on any atom is -0.478 e. The molecule has 3 heterocycles. The largest absolute Gasteiger partial charge is 0.478 e. The summed E-state index contributed by atoms with van der Waals surface area (Å²) in [5.74, 6) is -0.981. The van der Waals surface area contributed by atoms with Crippen molar-refractivity contribution in [3.05, 3.63) is 12.7 Å². The van der Waals surface area contributed by atoms with Gasteiger partial charge in [0.2, 0.25) is 0 Å². The van der Waals surface area contributed by atoms with Crippen LogP contribution in [0.2, 0.25) is 0 Å². The lowest BCUT2D eigenvalue weighted by atomic mass is 10.0. The van der Waals surface area contributed by atoms with Crippen LogP contribution >= 0.6 is 0 Å². The van der Waals surface area contributed by atoms with Gasteiger partial charge in [-0.2, -0.15) is 0 Å². The zero-order valence-electron chi connectivity index (χ0n) is 24.3. The van der Waals surface area contributed by atoms with E-state index < -0.39 is 5.97 Å². The second-order valence-electron chi connectivity index (χ2n) is 12.3. The SMILES string of the molecule is C1CCCCC2OC2CCC1.C1CCCCC2OC2CCC1.C1CCCCC2OC2CCC1.C=CC(=O)O. The number of carboxylic acid groups (broad SMARTS) is 1. The molecule has 220 valence electrons. The first-order valence-electron chi connectivity index (χ1n) is 16.5. The molecular weight excluding hydrogens is 476 g/mol. The third kappa shape index (κ3) is 15.0. The second-order valence-corrected chi connectivity index (χ2v) is 12.3. The average Bonchev–Trinajstić information content (AvgIpc) is 3.84. The Bertz CT molecular complexity index is 524. The molecule has 3 aliphatic heterocycles. The van der Waals surface area contributed by atoms with Crippen LogP contribution in [-0.2, 0) is 19.0 Å². The van der Waals surface area contributed by atoms with Crippen LogP contribution in [0.5, 0.6) is 0 Å². The summed E-state index contributed by atoms with van der Waals surface area (Å²) < 4.78 is 16.6. The molecule has 6 rings (SSSR count). The lowest BCUT2D eigenvalue weighted by Gasteiger charge is -2.02. The van der Waals surface area contributed by atoms with E-state index in [-0.39, 0.29) is 0 Å². The Balaban J connectivity index is 0.000000145. The standard InChI is InChI=1S/3C10H18O.C3H4O2/c3*1-2-4-6-8-10-9(11-10)7-5-3-1;1-2-3(4)5/h3*9-10H,1-8H2;2H,1H2,(H,4,5). The van der Waals surface area contributed by atoms with Gasteiger partial charge >= 0.3 is 5.97 Å². The number of carbonyl (C=O) groups is 1. The quantitative estimate of drug-likeness (QED) is 0.268. The van der Waals surface area contributed by atoms with Crippen molar-refractivity contribution in [3.63, 3.8) is 0 Å². The predicted molar refractivity (Wildman–Crippen MR) is 155 cm³/mol. The Morgan fingerprint density at radius 3 is 0.763 bits per heavy atom. The van der Waals surface area contributed by atoms with E-state index in [1.807, 2.05) is 0 Å². The number of rotatable bonds is 1. The molecule has 38 heavy (non-hydrogen) atoms. The van der Waals surface area contributed by atoms with Crippen molar-refractivity contribution in [2.75, 3.05) is 0 Å². The molecule has 0 aromatic rings. The van der Waals surface area contributed by atoms with Gasteiger partial charge < -0.3 is 19.3 Å². The number of carboxylic acids is 1. The van der Waals surface area contributed by atoms with Gasteiger partial charge in [-0.15, -0.1) is 0 Å². The van der Waals surface area contributed by atoms with Gasteiger partial charge in [-0.3, -0.25) is 0 Å². The highest BCUT2D eigenvalue weighted by molar-refractivity contribution is 5.78. The normalized spacial score (nSPS) is 34.9. The Hall–Kier alpha value is -0.910. The van der Waals surface area contributed by atoms with E-state index >= 15 is 0 Å². The van der Waals surface area contributed by atoms with Crippen molar-refractivity contribution in [1.29, 1.82) is 0 Å². The van der Waals surface area contributed by atoms with Crippen LogP contribution in [-0.4, -0.2) is 47.7 Å². The highest BCUT2D eigenvalue weighted by Crippen LogP contribution is 2.34. The van der Waals surface area contributed by atoms with Gasteiger partial charge in [0, 0.05) is 6.08 Å². The van der Waals surface area contributed by atoms with E-state index in [0.29, 0.717) is 36.6 Å². The summed E-state index contributed by atoms with van der Waals surface area (Å²) in [6.07, 6.45) is 38.7. The fraction of sp³-hybridized carbons (Fsp3) is 0.909. The molecule has 3 aliphatic carbocycles. The first-order chi connectivity index (χ1) is 18.7. The minimum absolute atomic E-state index is 0.674. The molecule has 5 nitrogen and oxygen atoms in total. The Kier molecular flexibility index (Phi) is 16.0. The molecule has 6 unspecified atom stereocenters. The van der Waals surface area contributed by atoms with Crippen molar-refractivity contribution >= 4 is 5.97 Å². The molecule has 3 saturated carbocycles. The molecule has 0 amide bonds. The fourth-order valence-electron chi connectivity index (χ4n) is 6.26. The second kappa shape index (κ2) is 19.2. The van der Waals surface area contributed by atoms with Gasteiger partial charge in [0.05, 0.1) is 36.6 Å². The maximum atomic E-state index is 9.25. The van der Waals surface area contributed by atoms with Crippen molar-refractivity contribution in [3.8, 4) is 0 Å². The highest BCUT2D eigenvalue weighted by atomic mass is 16.6. The first kappa shape index (κ1) is 31.6. The van der Waals surface area contributed by atoms with Gasteiger partial charge in [0.1, 0.15) is 0 Å². The lowest BCUT2D eigenvalue weighted by Crippen LogP contribution is -1.96. The number of aliphatic carboxylic acids is 1. The van der Waals surface area contributed by atoms with Crippen LogP contribution in [0.15, 0.2) is 12.7 Å². The summed E-state index contributed by atoms with van der Waals surface area (Å²) in [5.41, 5.74) is 0. The molecule has 3 saturated heterocycles. The molecule has 0 aromatic heterocycles. The Morgan fingerprint density at radius 1 is 0.447 bits per heavy atom. The predicted octanol–water partition coefficient (Wildman–Crippen LogP) is 8.92. The average molecular weight is 535 g/mol. The van der Waals surface area contributed by atoms with Crippen LogP contribution in [0.4, 0.5) is 0 Å². The molecule has 6 fully saturated rings. The number of hydrogen-bond donors (Lipinski definition) is 1. The van der Waals surface area contributed by atoms with E-state index in [4.69, 9.17) is 19.3 Å². The Morgan fingerprint density at radius 2 is 0.605 bits per heavy atom. The van der Waals surface area contributed by atoms with Crippen molar-refractivity contribution in [2.24, 2.45) is 0 Å². The van der Waals surface area contributed by atoms with Crippen molar-refractivity contribution in [2.45, 2.75) is 191 Å². The number of fused-ring (bicyclic) bond motifs is 3. The van der Waals surface area contributed by atoms with Gasteiger partial charge in [0.15, 0.2) is 0 Å². The molecule has 1 N–H and O–H groups in total. The summed E-state index contributed by atoms with van der Waals surface area (Å²) >= 11 is 0. The number of hydrogen-bond acceptors (Lipinski definition) is 4. The molecule has 6 atom stereocenters. The summed E-state index contributed by atoms with van der Waals surface area (Å²) in [6, 6.07) is 0. The number of ether oxygens (including phenoxy) is 3. The third-order valence-electron chi connectivity index (χ3n) is 8.92. The molecule has 0 bridgehead atoms. The Labute approximate surface area is 233 Å². The molecule has 0 aromatic carbocycles. The lowest BCUT2D eigenvalue weighted by molar-refractivity contribution is -0.131. The highest BCUT2D eigenvalue weighted by Gasteiger charge is 2.38. The van der Waals surface area contributed by atoms with E-state index in [1.165, 1.54) is 154 Å². The molecule has 0 radical (unpaired) electrons. The van der Waals surface area contributed by atoms with Crippen LogP contribution in [0.25, 0.3) is 0 Å². The monoisotopic (exact) mass is 534 g/mol. The van der Waals surface area contributed by atoms with Gasteiger partial charge in [0.25, 0.3) is 0 Å². The third-order valence-corrected chi connectivity index (χ3v) is 8.92. The maximum Gasteiger partial charge on any atom is 0.327 e. The first-order valence-corrected chi connectivity index (χ1v) is 16.5. The van der Waals surface area contributed by atoms with Crippen LogP contribution < -0.4 is 0 Å². The minimum atomic E-state index is -0.981. The van der Waals surface area contributed by atoms with Crippen LogP contribution in [0.1, 0.15) is 154 Å². The van der Waals surface area contributed by atoms with E-state index in [9.17, 15) is 4.79 Å². The van der Waals surface area contributed by atoms with Gasteiger partial charge in [-0.05, 0) is 38.5 Å². The zero-order valence-corrected chi connectivity index (χ0v) is 24.3. The van der Waals surface area contributed by atoms with Gasteiger partial charge in [-0.1, -0.05) is 122 Å². The fourth-order valence-corrected chi connectivity index (χ4v) is 6.26. The van der Waals surface area contributed by atoms with E-state index in [2.05, 4.69) is 6.58 Å². The van der Waals surface area contributed by atoms with E-state index in [1.54, 1.807) is 0 Å². The molecule has 6 aliphatic rings. The van der Waals surface area contributed by atoms with E-state index in [0.717, 1.165) is 6.08 Å². The zero-order chi connectivity index (χ0) is 26.8. The summed E-state index contributed by atoms with van der Waals surface area (Å²) in [5, 5.41) is 7.60. The van der Waals surface area contributed by atoms with Crippen molar-refractivity contribution in [1.82, 2.24) is 0 Å². The smallest absolute Gasteiger partial charge is 0.327 e. The molecule has 5 heteroatoms. The maximum absolute atomic E-state index is 9.25. The molecular formula is C33H58O5. The number of epoxide rings is 3. The van der Waals surface area contributed by atoms with Crippen LogP contribution in [0.3, 0.4) is 0 Å². The molecule has 0 spiro atoms.